The van der Waals surface area contributed by atoms with Gasteiger partial charge in [0.15, 0.2) is 11.6 Å². The molecule has 1 N–H and O–H groups in total. The Morgan fingerprint density at radius 1 is 1.08 bits per heavy atom. The highest BCUT2D eigenvalue weighted by molar-refractivity contribution is 5.92. The zero-order valence-corrected chi connectivity index (χ0v) is 19.8. The standard InChI is InChI=1S/C27H26F2N4O3/c1-32-23-14-18(27(34)35)8-9-22(23)30-24(32)15-33-12-10-17(11-13-33)21-6-3-7-25(31-21)36-16-19-4-2-5-20(28)26(19)29/h2-9,14,17H,10-13,15-16H2,1H3,(H,34,35). The SMILES string of the molecule is Cn1c(CN2CCC(c3cccc(OCc4cccc(F)c4F)n3)CC2)nc2ccc(C(=O)O)cc21. The second kappa shape index (κ2) is 10.0. The van der Waals surface area contributed by atoms with E-state index < -0.39 is 17.6 Å². The van der Waals surface area contributed by atoms with Crippen molar-refractivity contribution < 1.29 is 23.4 Å². The first-order valence-electron chi connectivity index (χ1n) is 11.8. The van der Waals surface area contributed by atoms with Gasteiger partial charge in [-0.25, -0.2) is 23.5 Å². The van der Waals surface area contributed by atoms with E-state index in [1.807, 2.05) is 23.7 Å². The van der Waals surface area contributed by atoms with Crippen LogP contribution in [0.3, 0.4) is 0 Å². The number of benzene rings is 2. The van der Waals surface area contributed by atoms with E-state index in [-0.39, 0.29) is 23.7 Å². The van der Waals surface area contributed by atoms with E-state index >= 15 is 0 Å². The summed E-state index contributed by atoms with van der Waals surface area (Å²) in [4.78, 5) is 23.0. The van der Waals surface area contributed by atoms with Gasteiger partial charge in [-0.1, -0.05) is 18.2 Å². The number of halogens is 2. The molecule has 0 saturated carbocycles. The van der Waals surface area contributed by atoms with Gasteiger partial charge in [-0.3, -0.25) is 4.90 Å². The average molecular weight is 493 g/mol. The zero-order chi connectivity index (χ0) is 25.2. The van der Waals surface area contributed by atoms with Crippen LogP contribution >= 0.6 is 0 Å². The summed E-state index contributed by atoms with van der Waals surface area (Å²) in [7, 11) is 1.91. The third kappa shape index (κ3) is 4.92. The zero-order valence-electron chi connectivity index (χ0n) is 19.8. The molecular formula is C27H26F2N4O3. The Kier molecular flexibility index (Phi) is 6.65. The maximum Gasteiger partial charge on any atom is 0.335 e. The number of aromatic nitrogens is 3. The lowest BCUT2D eigenvalue weighted by Crippen LogP contribution is -2.33. The monoisotopic (exact) mass is 492 g/mol. The van der Waals surface area contributed by atoms with Crippen LogP contribution < -0.4 is 4.74 Å². The van der Waals surface area contributed by atoms with E-state index in [2.05, 4.69) is 9.88 Å². The number of piperidine rings is 1. The van der Waals surface area contributed by atoms with Crippen molar-refractivity contribution in [1.29, 1.82) is 0 Å². The molecule has 3 heterocycles. The molecule has 5 rings (SSSR count). The second-order valence-electron chi connectivity index (χ2n) is 9.05. The number of carboxylic acid groups (broad SMARTS) is 1. The Bertz CT molecular complexity index is 1410. The Hall–Kier alpha value is -3.85. The van der Waals surface area contributed by atoms with Crippen LogP contribution in [-0.2, 0) is 20.2 Å². The molecule has 2 aromatic carbocycles. The minimum Gasteiger partial charge on any atom is -0.478 e. The van der Waals surface area contributed by atoms with Gasteiger partial charge in [-0.2, -0.15) is 0 Å². The third-order valence-electron chi connectivity index (χ3n) is 6.74. The number of rotatable bonds is 7. The molecule has 0 radical (unpaired) electrons. The molecule has 9 heteroatoms. The smallest absolute Gasteiger partial charge is 0.335 e. The predicted octanol–water partition coefficient (Wildman–Crippen LogP) is 4.90. The number of hydrogen-bond donors (Lipinski definition) is 1. The fourth-order valence-corrected chi connectivity index (χ4v) is 4.65. The molecule has 0 aliphatic carbocycles. The second-order valence-corrected chi connectivity index (χ2v) is 9.05. The topological polar surface area (TPSA) is 80.5 Å². The summed E-state index contributed by atoms with van der Waals surface area (Å²) in [5.41, 5.74) is 2.91. The van der Waals surface area contributed by atoms with Crippen molar-refractivity contribution in [3.63, 3.8) is 0 Å². The van der Waals surface area contributed by atoms with Crippen LogP contribution in [0, 0.1) is 11.6 Å². The predicted molar refractivity (Wildman–Crippen MR) is 130 cm³/mol. The number of carboxylic acids is 1. The number of likely N-dealkylation sites (tertiary alicyclic amines) is 1. The number of carbonyl (C=O) groups is 1. The highest BCUT2D eigenvalue weighted by Gasteiger charge is 2.23. The first-order chi connectivity index (χ1) is 17.4. The molecule has 1 fully saturated rings. The van der Waals surface area contributed by atoms with Crippen LogP contribution in [0.25, 0.3) is 11.0 Å². The van der Waals surface area contributed by atoms with Crippen molar-refractivity contribution in [2.24, 2.45) is 7.05 Å². The van der Waals surface area contributed by atoms with Crippen molar-refractivity contribution in [2.75, 3.05) is 13.1 Å². The van der Waals surface area contributed by atoms with Crippen molar-refractivity contribution in [1.82, 2.24) is 19.4 Å². The van der Waals surface area contributed by atoms with Crippen LogP contribution in [0.15, 0.2) is 54.6 Å². The fourth-order valence-electron chi connectivity index (χ4n) is 4.65. The molecule has 7 nitrogen and oxygen atoms in total. The highest BCUT2D eigenvalue weighted by Crippen LogP contribution is 2.29. The quantitative estimate of drug-likeness (QED) is 0.395. The lowest BCUT2D eigenvalue weighted by molar-refractivity contribution is 0.0697. The summed E-state index contributed by atoms with van der Waals surface area (Å²) in [5, 5.41) is 9.26. The number of ether oxygens (including phenoxy) is 1. The van der Waals surface area contributed by atoms with Crippen LogP contribution in [0.2, 0.25) is 0 Å². The van der Waals surface area contributed by atoms with Crippen molar-refractivity contribution in [3.05, 3.63) is 88.9 Å². The van der Waals surface area contributed by atoms with E-state index in [4.69, 9.17) is 9.72 Å². The molecule has 4 aromatic rings. The third-order valence-corrected chi connectivity index (χ3v) is 6.74. The Labute approximate surface area is 207 Å². The number of nitrogens with zero attached hydrogens (tertiary/aromatic N) is 4. The largest absolute Gasteiger partial charge is 0.478 e. The molecule has 0 unspecified atom stereocenters. The van der Waals surface area contributed by atoms with Gasteiger partial charge in [-0.05, 0) is 56.3 Å². The Balaban J connectivity index is 1.20. The first kappa shape index (κ1) is 23.9. The van der Waals surface area contributed by atoms with E-state index in [1.165, 1.54) is 12.1 Å². The van der Waals surface area contributed by atoms with Crippen molar-refractivity contribution >= 4 is 17.0 Å². The Morgan fingerprint density at radius 2 is 1.86 bits per heavy atom. The minimum absolute atomic E-state index is 0.0928. The van der Waals surface area contributed by atoms with Gasteiger partial charge in [0.1, 0.15) is 12.4 Å². The summed E-state index contributed by atoms with van der Waals surface area (Å²) >= 11 is 0. The maximum atomic E-state index is 13.9. The van der Waals surface area contributed by atoms with Gasteiger partial charge in [0.25, 0.3) is 0 Å². The maximum absolute atomic E-state index is 13.9. The molecule has 2 aromatic heterocycles. The summed E-state index contributed by atoms with van der Waals surface area (Å²) in [6, 6.07) is 14.6. The highest BCUT2D eigenvalue weighted by atomic mass is 19.2. The molecule has 0 spiro atoms. The van der Waals surface area contributed by atoms with Gasteiger partial charge < -0.3 is 14.4 Å². The van der Waals surface area contributed by atoms with Gasteiger partial charge in [0, 0.05) is 30.3 Å². The average Bonchev–Trinajstić information content (AvgIpc) is 3.20. The molecule has 36 heavy (non-hydrogen) atoms. The molecule has 186 valence electrons. The number of hydrogen-bond acceptors (Lipinski definition) is 5. The molecule has 1 saturated heterocycles. The number of aryl methyl sites for hydroxylation is 1. The number of pyridine rings is 1. The summed E-state index contributed by atoms with van der Waals surface area (Å²) in [5.74, 6) is -1.19. The van der Waals surface area contributed by atoms with Crippen molar-refractivity contribution in [2.45, 2.75) is 31.9 Å². The lowest BCUT2D eigenvalue weighted by atomic mass is 9.93. The number of fused-ring (bicyclic) bond motifs is 1. The Morgan fingerprint density at radius 3 is 2.64 bits per heavy atom. The van der Waals surface area contributed by atoms with E-state index in [0.717, 1.165) is 54.5 Å². The number of imidazole rings is 1. The van der Waals surface area contributed by atoms with Crippen LogP contribution in [0.5, 0.6) is 5.88 Å². The van der Waals surface area contributed by atoms with Crippen LogP contribution in [0.4, 0.5) is 8.78 Å². The molecule has 0 atom stereocenters. The fraction of sp³-hybridized carbons (Fsp3) is 0.296. The van der Waals surface area contributed by atoms with Gasteiger partial charge in [0.2, 0.25) is 5.88 Å². The van der Waals surface area contributed by atoms with E-state index in [1.54, 1.807) is 24.3 Å². The van der Waals surface area contributed by atoms with E-state index in [9.17, 15) is 18.7 Å². The van der Waals surface area contributed by atoms with Gasteiger partial charge in [-0.15, -0.1) is 0 Å². The lowest BCUT2D eigenvalue weighted by Gasteiger charge is -2.31. The summed E-state index contributed by atoms with van der Waals surface area (Å²) < 4.78 is 34.9. The van der Waals surface area contributed by atoms with Gasteiger partial charge >= 0.3 is 5.97 Å². The first-order valence-corrected chi connectivity index (χ1v) is 11.8. The summed E-state index contributed by atoms with van der Waals surface area (Å²) in [6.45, 7) is 2.32. The molecular weight excluding hydrogens is 466 g/mol. The number of aromatic carboxylic acids is 1. The molecule has 0 amide bonds. The molecule has 1 aliphatic heterocycles. The molecule has 0 bridgehead atoms. The molecule has 1 aliphatic rings. The van der Waals surface area contributed by atoms with Crippen LogP contribution in [-0.4, -0.2) is 43.6 Å². The normalized spacial score (nSPS) is 14.9. The van der Waals surface area contributed by atoms with Crippen molar-refractivity contribution in [3.8, 4) is 5.88 Å². The van der Waals surface area contributed by atoms with Gasteiger partial charge in [0.05, 0.1) is 23.1 Å². The van der Waals surface area contributed by atoms with Crippen LogP contribution in [0.1, 0.15) is 46.2 Å². The minimum atomic E-state index is -0.953. The van der Waals surface area contributed by atoms with E-state index in [0.29, 0.717) is 12.4 Å². The summed E-state index contributed by atoms with van der Waals surface area (Å²) in [6.07, 6.45) is 1.84.